The first-order chi connectivity index (χ1) is 12.6. The zero-order valence-electron chi connectivity index (χ0n) is 14.2. The number of esters is 1. The van der Waals surface area contributed by atoms with Crippen LogP contribution in [-0.4, -0.2) is 49.8 Å². The molecule has 2 aromatic rings. The van der Waals surface area contributed by atoms with Crippen molar-refractivity contribution in [2.75, 3.05) is 26.9 Å². The zero-order chi connectivity index (χ0) is 18.8. The quantitative estimate of drug-likeness (QED) is 0.529. The second-order valence-corrected chi connectivity index (χ2v) is 5.14. The first-order valence-corrected chi connectivity index (χ1v) is 7.80. The molecule has 138 valence electrons. The van der Waals surface area contributed by atoms with E-state index in [9.17, 15) is 14.4 Å². The molecule has 0 bridgehead atoms. The molecule has 0 unspecified atom stereocenters. The number of benzene rings is 1. The van der Waals surface area contributed by atoms with Crippen LogP contribution in [0.5, 0.6) is 0 Å². The predicted octanol–water partition coefficient (Wildman–Crippen LogP) is 0.899. The number of ether oxygens (including phenoxy) is 2. The number of nitrogens with zero attached hydrogens (tertiary/aromatic N) is 1. The minimum absolute atomic E-state index is 0.149. The van der Waals surface area contributed by atoms with Crippen molar-refractivity contribution in [3.63, 3.8) is 0 Å². The largest absolute Gasteiger partial charge is 0.455 e. The smallest absolute Gasteiger partial charge is 0.321 e. The molecule has 2 rings (SSSR count). The number of methoxy groups -OCH3 is 1. The molecule has 0 fully saturated rings. The highest BCUT2D eigenvalue weighted by Gasteiger charge is 2.14. The van der Waals surface area contributed by atoms with E-state index in [0.29, 0.717) is 18.2 Å². The second kappa shape index (κ2) is 9.94. The lowest BCUT2D eigenvalue weighted by molar-refractivity contribution is -0.147. The maximum atomic E-state index is 11.8. The average molecular weight is 361 g/mol. The molecule has 0 spiro atoms. The molecule has 0 aliphatic heterocycles. The SMILES string of the molecule is COCCNC(=O)NC(=O)COC(=O)Cc1coc(-c2ccccc2)n1. The Morgan fingerprint density at radius 1 is 1.19 bits per heavy atom. The number of carbonyl (C=O) groups is 3. The van der Waals surface area contributed by atoms with Crippen molar-refractivity contribution in [3.05, 3.63) is 42.3 Å². The number of hydrogen-bond acceptors (Lipinski definition) is 7. The lowest BCUT2D eigenvalue weighted by Crippen LogP contribution is -2.42. The van der Waals surface area contributed by atoms with Crippen LogP contribution in [0.3, 0.4) is 0 Å². The number of carbonyl (C=O) groups excluding carboxylic acids is 3. The van der Waals surface area contributed by atoms with E-state index in [2.05, 4.69) is 10.3 Å². The number of hydrogen-bond donors (Lipinski definition) is 2. The minimum Gasteiger partial charge on any atom is -0.455 e. The van der Waals surface area contributed by atoms with Crippen molar-refractivity contribution in [1.82, 2.24) is 15.6 Å². The van der Waals surface area contributed by atoms with Gasteiger partial charge in [0.05, 0.1) is 18.7 Å². The lowest BCUT2D eigenvalue weighted by Gasteiger charge is -2.06. The summed E-state index contributed by atoms with van der Waals surface area (Å²) < 4.78 is 14.9. The van der Waals surface area contributed by atoms with Crippen molar-refractivity contribution in [2.45, 2.75) is 6.42 Å². The molecular weight excluding hydrogens is 342 g/mol. The van der Waals surface area contributed by atoms with E-state index < -0.39 is 24.5 Å². The fraction of sp³-hybridized carbons (Fsp3) is 0.294. The van der Waals surface area contributed by atoms with E-state index in [4.69, 9.17) is 13.9 Å². The summed E-state index contributed by atoms with van der Waals surface area (Å²) in [6, 6.07) is 8.53. The first kappa shape index (κ1) is 19.1. The fourth-order valence-electron chi connectivity index (χ4n) is 1.92. The van der Waals surface area contributed by atoms with E-state index in [1.807, 2.05) is 35.6 Å². The van der Waals surface area contributed by atoms with Gasteiger partial charge in [-0.25, -0.2) is 9.78 Å². The number of rotatable bonds is 8. The minimum atomic E-state index is -0.738. The third-order valence-electron chi connectivity index (χ3n) is 3.11. The number of oxazole rings is 1. The van der Waals surface area contributed by atoms with Crippen molar-refractivity contribution >= 4 is 17.9 Å². The highest BCUT2D eigenvalue weighted by molar-refractivity contribution is 5.95. The van der Waals surface area contributed by atoms with Gasteiger partial charge in [-0.3, -0.25) is 14.9 Å². The van der Waals surface area contributed by atoms with Crippen molar-refractivity contribution in [1.29, 1.82) is 0 Å². The van der Waals surface area contributed by atoms with Gasteiger partial charge in [0.2, 0.25) is 5.89 Å². The molecule has 0 aliphatic carbocycles. The Kier molecular flexibility index (Phi) is 7.31. The van der Waals surface area contributed by atoms with Gasteiger partial charge in [0.1, 0.15) is 6.26 Å². The van der Waals surface area contributed by atoms with E-state index in [1.165, 1.54) is 13.4 Å². The molecule has 26 heavy (non-hydrogen) atoms. The van der Waals surface area contributed by atoms with Crippen LogP contribution in [0.1, 0.15) is 5.69 Å². The van der Waals surface area contributed by atoms with Gasteiger partial charge in [-0.05, 0) is 12.1 Å². The maximum Gasteiger partial charge on any atom is 0.321 e. The molecule has 0 saturated heterocycles. The van der Waals surface area contributed by atoms with Crippen LogP contribution in [0.25, 0.3) is 11.5 Å². The first-order valence-electron chi connectivity index (χ1n) is 7.80. The van der Waals surface area contributed by atoms with Gasteiger partial charge < -0.3 is 19.2 Å². The highest BCUT2D eigenvalue weighted by Crippen LogP contribution is 2.18. The molecule has 2 N–H and O–H groups in total. The molecule has 3 amide bonds. The van der Waals surface area contributed by atoms with E-state index in [1.54, 1.807) is 0 Å². The second-order valence-electron chi connectivity index (χ2n) is 5.14. The molecule has 0 radical (unpaired) electrons. The summed E-state index contributed by atoms with van der Waals surface area (Å²) in [5, 5.41) is 4.43. The number of imide groups is 1. The number of aromatic nitrogens is 1. The summed E-state index contributed by atoms with van der Waals surface area (Å²) in [5.74, 6) is -1.01. The Morgan fingerprint density at radius 3 is 2.69 bits per heavy atom. The predicted molar refractivity (Wildman–Crippen MR) is 90.0 cm³/mol. The van der Waals surface area contributed by atoms with Gasteiger partial charge >= 0.3 is 12.0 Å². The van der Waals surface area contributed by atoms with Crippen LogP contribution in [0, 0.1) is 0 Å². The number of urea groups is 1. The van der Waals surface area contributed by atoms with E-state index >= 15 is 0 Å². The maximum absolute atomic E-state index is 11.8. The molecule has 1 aromatic heterocycles. The van der Waals surface area contributed by atoms with Gasteiger partial charge in [0, 0.05) is 19.2 Å². The van der Waals surface area contributed by atoms with Crippen molar-refractivity contribution < 1.29 is 28.3 Å². The molecule has 1 aromatic carbocycles. The Hall–Kier alpha value is -3.20. The number of nitrogens with one attached hydrogen (secondary N) is 2. The van der Waals surface area contributed by atoms with Gasteiger partial charge in [-0.1, -0.05) is 18.2 Å². The third kappa shape index (κ3) is 6.36. The van der Waals surface area contributed by atoms with Crippen LogP contribution in [0.2, 0.25) is 0 Å². The van der Waals surface area contributed by atoms with Crippen LogP contribution in [0.4, 0.5) is 4.79 Å². The molecule has 0 aliphatic rings. The normalized spacial score (nSPS) is 10.2. The molecule has 9 heteroatoms. The van der Waals surface area contributed by atoms with Gasteiger partial charge in [-0.2, -0.15) is 0 Å². The summed E-state index contributed by atoms with van der Waals surface area (Å²) in [5.41, 5.74) is 1.16. The average Bonchev–Trinajstić information content (AvgIpc) is 3.09. The monoisotopic (exact) mass is 361 g/mol. The third-order valence-corrected chi connectivity index (χ3v) is 3.11. The summed E-state index contributed by atoms with van der Waals surface area (Å²) in [6.45, 7) is 0.00446. The van der Waals surface area contributed by atoms with E-state index in [-0.39, 0.29) is 13.0 Å². The molecule has 0 saturated carbocycles. The van der Waals surface area contributed by atoms with Crippen LogP contribution < -0.4 is 10.6 Å². The summed E-state index contributed by atoms with van der Waals surface area (Å²) in [4.78, 5) is 38.8. The van der Waals surface area contributed by atoms with Crippen LogP contribution in [-0.2, 0) is 25.5 Å². The Labute approximate surface area is 149 Å². The highest BCUT2D eigenvalue weighted by atomic mass is 16.5. The molecule has 0 atom stereocenters. The standard InChI is InChI=1S/C17H19N3O6/c1-24-8-7-18-17(23)20-14(21)11-25-15(22)9-13-10-26-16(19-13)12-5-3-2-4-6-12/h2-6,10H,7-9,11H2,1H3,(H2,18,20,21,23). The summed E-state index contributed by atoms with van der Waals surface area (Å²) in [7, 11) is 1.49. The fourth-order valence-corrected chi connectivity index (χ4v) is 1.92. The van der Waals surface area contributed by atoms with Gasteiger partial charge in [0.15, 0.2) is 6.61 Å². The van der Waals surface area contributed by atoms with Gasteiger partial charge in [-0.15, -0.1) is 0 Å². The topological polar surface area (TPSA) is 120 Å². The van der Waals surface area contributed by atoms with Gasteiger partial charge in [0.25, 0.3) is 5.91 Å². The number of amides is 3. The van der Waals surface area contributed by atoms with E-state index in [0.717, 1.165) is 5.56 Å². The Bertz CT molecular complexity index is 744. The lowest BCUT2D eigenvalue weighted by atomic mass is 10.2. The molecule has 1 heterocycles. The Balaban J connectivity index is 1.73. The van der Waals surface area contributed by atoms with Crippen LogP contribution >= 0.6 is 0 Å². The Morgan fingerprint density at radius 2 is 1.96 bits per heavy atom. The zero-order valence-corrected chi connectivity index (χ0v) is 14.2. The van der Waals surface area contributed by atoms with Crippen molar-refractivity contribution in [3.8, 4) is 11.5 Å². The van der Waals surface area contributed by atoms with Crippen LogP contribution in [0.15, 0.2) is 41.0 Å². The molecule has 9 nitrogen and oxygen atoms in total. The summed E-state index contributed by atoms with van der Waals surface area (Å²) >= 11 is 0. The summed E-state index contributed by atoms with van der Waals surface area (Å²) in [6.07, 6.45) is 1.20. The van der Waals surface area contributed by atoms with Crippen molar-refractivity contribution in [2.24, 2.45) is 0 Å². The molecular formula is C17H19N3O6.